The van der Waals surface area contributed by atoms with Crippen molar-refractivity contribution in [3.63, 3.8) is 0 Å². The average molecular weight is 406 g/mol. The van der Waals surface area contributed by atoms with Gasteiger partial charge in [0.15, 0.2) is 0 Å². The van der Waals surface area contributed by atoms with E-state index >= 15 is 0 Å². The lowest BCUT2D eigenvalue weighted by atomic mass is 10.2. The molecule has 0 saturated heterocycles. The van der Waals surface area contributed by atoms with Crippen molar-refractivity contribution in [2.75, 3.05) is 25.3 Å². The van der Waals surface area contributed by atoms with Crippen LogP contribution in [0.4, 0.5) is 5.69 Å². The summed E-state index contributed by atoms with van der Waals surface area (Å²) in [5.41, 5.74) is 1.27. The van der Waals surface area contributed by atoms with E-state index < -0.39 is 0 Å². The predicted molar refractivity (Wildman–Crippen MR) is 104 cm³/mol. The fraction of sp³-hybridized carbons (Fsp3) is 0.167. The van der Waals surface area contributed by atoms with Crippen LogP contribution in [0, 0.1) is 0 Å². The number of rotatable bonds is 7. The molecular weight excluding hydrogens is 390 g/mol. The average Bonchev–Trinajstić information content (AvgIpc) is 3.14. The molecule has 1 heterocycles. The van der Waals surface area contributed by atoms with Gasteiger partial charge in [0.2, 0.25) is 5.91 Å². The zero-order valence-corrected chi connectivity index (χ0v) is 16.1. The van der Waals surface area contributed by atoms with Gasteiger partial charge in [0.25, 0.3) is 11.1 Å². The zero-order valence-electron chi connectivity index (χ0n) is 14.6. The molecule has 0 bridgehead atoms. The first-order valence-corrected chi connectivity index (χ1v) is 9.19. The van der Waals surface area contributed by atoms with E-state index in [0.29, 0.717) is 33.7 Å². The van der Waals surface area contributed by atoms with Crippen molar-refractivity contribution < 1.29 is 18.7 Å². The minimum absolute atomic E-state index is 0.119. The number of nitrogens with one attached hydrogen (secondary N) is 1. The monoisotopic (exact) mass is 405 g/mol. The Morgan fingerprint density at radius 3 is 2.78 bits per heavy atom. The Morgan fingerprint density at radius 1 is 1.19 bits per heavy atom. The fourth-order valence-corrected chi connectivity index (χ4v) is 3.00. The Bertz CT molecular complexity index is 948. The van der Waals surface area contributed by atoms with Gasteiger partial charge in [0.05, 0.1) is 25.5 Å². The van der Waals surface area contributed by atoms with Gasteiger partial charge in [-0.25, -0.2) is 0 Å². The number of hydrogen-bond acceptors (Lipinski definition) is 7. The van der Waals surface area contributed by atoms with Crippen molar-refractivity contribution in [2.24, 2.45) is 0 Å². The molecule has 27 heavy (non-hydrogen) atoms. The van der Waals surface area contributed by atoms with Crippen LogP contribution in [-0.2, 0) is 4.79 Å². The molecule has 1 amide bonds. The van der Waals surface area contributed by atoms with Crippen molar-refractivity contribution in [1.29, 1.82) is 0 Å². The van der Waals surface area contributed by atoms with Gasteiger partial charge in [-0.3, -0.25) is 4.79 Å². The van der Waals surface area contributed by atoms with Crippen LogP contribution < -0.4 is 14.8 Å². The first kappa shape index (κ1) is 19.1. The second-order valence-electron chi connectivity index (χ2n) is 5.29. The Kier molecular flexibility index (Phi) is 6.20. The van der Waals surface area contributed by atoms with Gasteiger partial charge in [-0.2, -0.15) is 0 Å². The summed E-state index contributed by atoms with van der Waals surface area (Å²) >= 11 is 7.04. The highest BCUT2D eigenvalue weighted by Crippen LogP contribution is 2.33. The topological polar surface area (TPSA) is 86.5 Å². The molecule has 3 aromatic rings. The van der Waals surface area contributed by atoms with E-state index in [1.54, 1.807) is 56.7 Å². The maximum Gasteiger partial charge on any atom is 0.277 e. The van der Waals surface area contributed by atoms with Crippen LogP contribution in [0.15, 0.2) is 52.1 Å². The van der Waals surface area contributed by atoms with E-state index in [2.05, 4.69) is 15.5 Å². The van der Waals surface area contributed by atoms with Crippen LogP contribution in [0.2, 0.25) is 5.02 Å². The van der Waals surface area contributed by atoms with Crippen LogP contribution in [0.3, 0.4) is 0 Å². The van der Waals surface area contributed by atoms with Gasteiger partial charge in [-0.15, -0.1) is 10.2 Å². The minimum atomic E-state index is -0.205. The molecule has 1 aromatic heterocycles. The normalized spacial score (nSPS) is 10.5. The molecule has 1 N–H and O–H groups in total. The van der Waals surface area contributed by atoms with Gasteiger partial charge < -0.3 is 19.2 Å². The summed E-state index contributed by atoms with van der Waals surface area (Å²) in [4.78, 5) is 12.0. The highest BCUT2D eigenvalue weighted by atomic mass is 35.5. The van der Waals surface area contributed by atoms with E-state index in [4.69, 9.17) is 25.5 Å². The third kappa shape index (κ3) is 4.93. The lowest BCUT2D eigenvalue weighted by Crippen LogP contribution is -2.13. The number of carbonyl (C=O) groups excluding carboxylic acids is 1. The second-order valence-corrected chi connectivity index (χ2v) is 6.65. The number of aromatic nitrogens is 2. The largest absolute Gasteiger partial charge is 0.497 e. The number of benzene rings is 2. The van der Waals surface area contributed by atoms with Gasteiger partial charge in [-0.05, 0) is 30.3 Å². The van der Waals surface area contributed by atoms with E-state index in [9.17, 15) is 4.79 Å². The smallest absolute Gasteiger partial charge is 0.277 e. The van der Waals surface area contributed by atoms with Gasteiger partial charge in [0, 0.05) is 16.8 Å². The maximum atomic E-state index is 12.0. The molecule has 140 valence electrons. The van der Waals surface area contributed by atoms with Crippen LogP contribution in [0.25, 0.3) is 11.5 Å². The number of anilines is 1. The number of ether oxygens (including phenoxy) is 2. The third-order valence-electron chi connectivity index (χ3n) is 3.48. The molecule has 0 fully saturated rings. The van der Waals surface area contributed by atoms with E-state index in [-0.39, 0.29) is 16.9 Å². The summed E-state index contributed by atoms with van der Waals surface area (Å²) in [6.45, 7) is 0. The molecule has 2 aromatic carbocycles. The number of hydrogen-bond donors (Lipinski definition) is 1. The molecule has 0 atom stereocenters. The quantitative estimate of drug-likeness (QED) is 0.591. The van der Waals surface area contributed by atoms with Crippen molar-refractivity contribution in [3.8, 4) is 23.0 Å². The molecule has 0 aliphatic carbocycles. The number of halogens is 1. The highest BCUT2D eigenvalue weighted by Gasteiger charge is 2.15. The standard InChI is InChI=1S/C18H16ClN3O4S/c1-24-13-6-7-14(15(9-13)25-2)17-21-22-18(26-17)27-10-16(23)20-12-5-3-4-11(19)8-12/h3-9H,10H2,1-2H3,(H,20,23). The van der Waals surface area contributed by atoms with E-state index in [1.165, 1.54) is 0 Å². The number of carbonyl (C=O) groups is 1. The fourth-order valence-electron chi connectivity index (χ4n) is 2.24. The maximum absolute atomic E-state index is 12.0. The highest BCUT2D eigenvalue weighted by molar-refractivity contribution is 7.99. The molecule has 0 spiro atoms. The van der Waals surface area contributed by atoms with Crippen molar-refractivity contribution in [2.45, 2.75) is 5.22 Å². The summed E-state index contributed by atoms with van der Waals surface area (Å²) in [7, 11) is 3.12. The summed E-state index contributed by atoms with van der Waals surface area (Å²) in [6, 6.07) is 12.2. The number of methoxy groups -OCH3 is 2. The Labute approximate surface area is 165 Å². The minimum Gasteiger partial charge on any atom is -0.497 e. The molecule has 9 heteroatoms. The SMILES string of the molecule is COc1ccc(-c2nnc(SCC(=O)Nc3cccc(Cl)c3)o2)c(OC)c1. The number of nitrogens with zero attached hydrogens (tertiary/aromatic N) is 2. The van der Waals surface area contributed by atoms with Crippen molar-refractivity contribution in [3.05, 3.63) is 47.5 Å². The van der Waals surface area contributed by atoms with Crippen LogP contribution >= 0.6 is 23.4 Å². The first-order valence-electron chi connectivity index (χ1n) is 7.83. The third-order valence-corrected chi connectivity index (χ3v) is 4.53. The molecular formula is C18H16ClN3O4S. The first-order chi connectivity index (χ1) is 13.1. The van der Waals surface area contributed by atoms with E-state index in [1.807, 2.05) is 0 Å². The van der Waals surface area contributed by atoms with Crippen molar-refractivity contribution in [1.82, 2.24) is 10.2 Å². The Morgan fingerprint density at radius 2 is 2.04 bits per heavy atom. The number of amides is 1. The lowest BCUT2D eigenvalue weighted by molar-refractivity contribution is -0.113. The summed E-state index contributed by atoms with van der Waals surface area (Å²) in [5, 5.41) is 11.6. The molecule has 0 saturated carbocycles. The van der Waals surface area contributed by atoms with Crippen LogP contribution in [-0.4, -0.2) is 36.1 Å². The summed E-state index contributed by atoms with van der Waals surface area (Å²) in [5.74, 6) is 1.42. The molecule has 0 aliphatic rings. The number of thioether (sulfide) groups is 1. The van der Waals surface area contributed by atoms with Crippen LogP contribution in [0.1, 0.15) is 0 Å². The zero-order chi connectivity index (χ0) is 19.2. The molecule has 3 rings (SSSR count). The molecule has 0 unspecified atom stereocenters. The molecule has 0 aliphatic heterocycles. The summed E-state index contributed by atoms with van der Waals surface area (Å²) < 4.78 is 16.1. The molecule has 7 nitrogen and oxygen atoms in total. The summed E-state index contributed by atoms with van der Waals surface area (Å²) in [6.07, 6.45) is 0. The van der Waals surface area contributed by atoms with E-state index in [0.717, 1.165) is 11.8 Å². The Balaban J connectivity index is 1.63. The van der Waals surface area contributed by atoms with Gasteiger partial charge in [-0.1, -0.05) is 29.4 Å². The second kappa shape index (κ2) is 8.79. The lowest BCUT2D eigenvalue weighted by Gasteiger charge is -2.07. The van der Waals surface area contributed by atoms with Gasteiger partial charge >= 0.3 is 0 Å². The Hall–Kier alpha value is -2.71. The predicted octanol–water partition coefficient (Wildman–Crippen LogP) is 4.14. The van der Waals surface area contributed by atoms with Crippen molar-refractivity contribution >= 4 is 35.0 Å². The van der Waals surface area contributed by atoms with Crippen LogP contribution in [0.5, 0.6) is 11.5 Å². The van der Waals surface area contributed by atoms with Gasteiger partial charge in [0.1, 0.15) is 11.5 Å². The molecule has 0 radical (unpaired) electrons.